The lowest BCUT2D eigenvalue weighted by molar-refractivity contribution is -0.274. The summed E-state index contributed by atoms with van der Waals surface area (Å²) in [4.78, 5) is 28.7. The van der Waals surface area contributed by atoms with Crippen LogP contribution in [0.4, 0.5) is 13.2 Å². The molecular formula is C18H17F3N2O5S2. The molecule has 1 amide bonds. The first-order valence-electron chi connectivity index (χ1n) is 8.81. The topological polar surface area (TPSA) is 89.0 Å². The molecule has 0 bridgehead atoms. The van der Waals surface area contributed by atoms with Crippen molar-refractivity contribution < 1.29 is 37.3 Å². The minimum atomic E-state index is -4.78. The molecule has 1 atom stereocenters. The highest BCUT2D eigenvalue weighted by atomic mass is 32.2. The first kappa shape index (κ1) is 22.2. The number of thiazole rings is 1. The number of rotatable bonds is 9. The fourth-order valence-corrected chi connectivity index (χ4v) is 4.69. The Hall–Kier alpha value is -2.47. The van der Waals surface area contributed by atoms with Gasteiger partial charge in [-0.1, -0.05) is 17.8 Å². The Labute approximate surface area is 177 Å². The van der Waals surface area contributed by atoms with Gasteiger partial charge in [-0.15, -0.1) is 24.5 Å². The summed E-state index contributed by atoms with van der Waals surface area (Å²) in [6, 6.07) is 5.04. The van der Waals surface area contributed by atoms with Crippen molar-refractivity contribution in [3.05, 3.63) is 35.3 Å². The van der Waals surface area contributed by atoms with E-state index >= 15 is 0 Å². The SMILES string of the molecule is O=C(O)c1csc(SCCN2C(=O)CC[C@@H]2COc2cccc(OC(F)(F)F)c2)n1. The molecule has 0 aliphatic carbocycles. The maximum atomic E-state index is 12.3. The van der Waals surface area contributed by atoms with Crippen molar-refractivity contribution in [2.75, 3.05) is 18.9 Å². The molecule has 1 aromatic heterocycles. The van der Waals surface area contributed by atoms with E-state index in [1.807, 2.05) is 0 Å². The Kier molecular flexibility index (Phi) is 7.08. The van der Waals surface area contributed by atoms with Gasteiger partial charge in [0.05, 0.1) is 6.04 Å². The van der Waals surface area contributed by atoms with E-state index < -0.39 is 12.3 Å². The lowest BCUT2D eigenvalue weighted by atomic mass is 10.2. The molecule has 0 unspecified atom stereocenters. The third-order valence-corrected chi connectivity index (χ3v) is 6.20. The Bertz CT molecular complexity index is 906. The number of hydrogen-bond acceptors (Lipinski definition) is 7. The summed E-state index contributed by atoms with van der Waals surface area (Å²) in [5, 5.41) is 10.4. The van der Waals surface area contributed by atoms with Gasteiger partial charge >= 0.3 is 12.3 Å². The third kappa shape index (κ3) is 6.26. The molecule has 1 aromatic carbocycles. The molecule has 12 heteroatoms. The predicted octanol–water partition coefficient (Wildman–Crippen LogP) is 3.90. The van der Waals surface area contributed by atoms with E-state index in [2.05, 4.69) is 9.72 Å². The van der Waals surface area contributed by atoms with E-state index in [0.717, 1.165) is 6.07 Å². The molecule has 0 saturated carbocycles. The van der Waals surface area contributed by atoms with Gasteiger partial charge in [0.1, 0.15) is 18.1 Å². The van der Waals surface area contributed by atoms with Gasteiger partial charge in [0.15, 0.2) is 10.0 Å². The van der Waals surface area contributed by atoms with Crippen LogP contribution in [0.5, 0.6) is 11.5 Å². The summed E-state index contributed by atoms with van der Waals surface area (Å²) >= 11 is 2.58. The fourth-order valence-electron chi connectivity index (χ4n) is 2.88. The normalized spacial score (nSPS) is 16.7. The fraction of sp³-hybridized carbons (Fsp3) is 0.389. The second-order valence-electron chi connectivity index (χ2n) is 6.27. The number of halogens is 3. The number of carboxylic acid groups (broad SMARTS) is 1. The van der Waals surface area contributed by atoms with E-state index in [1.165, 1.54) is 46.7 Å². The smallest absolute Gasteiger partial charge is 0.491 e. The number of carbonyl (C=O) groups excluding carboxylic acids is 1. The zero-order valence-electron chi connectivity index (χ0n) is 15.4. The molecule has 2 heterocycles. The molecule has 2 aromatic rings. The quantitative estimate of drug-likeness (QED) is 0.566. The van der Waals surface area contributed by atoms with Crippen molar-refractivity contribution in [3.63, 3.8) is 0 Å². The van der Waals surface area contributed by atoms with Crippen LogP contribution in [0.15, 0.2) is 34.0 Å². The summed E-state index contributed by atoms with van der Waals surface area (Å²) in [5.74, 6) is -0.739. The van der Waals surface area contributed by atoms with Crippen LogP contribution in [0, 0.1) is 0 Å². The summed E-state index contributed by atoms with van der Waals surface area (Å²) in [7, 11) is 0. The zero-order chi connectivity index (χ0) is 21.7. The average Bonchev–Trinajstić information content (AvgIpc) is 3.27. The minimum absolute atomic E-state index is 0.0113. The molecule has 1 fully saturated rings. The van der Waals surface area contributed by atoms with Crippen LogP contribution in [0.1, 0.15) is 23.3 Å². The maximum absolute atomic E-state index is 12.3. The molecule has 3 rings (SSSR count). The molecule has 1 aliphatic heterocycles. The van der Waals surface area contributed by atoms with Gasteiger partial charge in [-0.25, -0.2) is 9.78 Å². The van der Waals surface area contributed by atoms with Crippen molar-refractivity contribution in [2.45, 2.75) is 29.6 Å². The predicted molar refractivity (Wildman–Crippen MR) is 103 cm³/mol. The average molecular weight is 462 g/mol. The Balaban J connectivity index is 1.51. The standard InChI is InChI=1S/C18H17F3N2O5S2/c19-18(20,21)28-13-3-1-2-12(8-13)27-9-11-4-5-15(24)23(11)6-7-29-17-22-14(10-30-17)16(25)26/h1-3,8,10-11H,4-7,9H2,(H,25,26)/t11-/m1/s1. The Morgan fingerprint density at radius 2 is 2.13 bits per heavy atom. The number of carbonyl (C=O) groups is 2. The molecule has 162 valence electrons. The maximum Gasteiger partial charge on any atom is 0.573 e. The number of aromatic carboxylic acids is 1. The van der Waals surface area contributed by atoms with Crippen LogP contribution in [-0.2, 0) is 4.79 Å². The number of nitrogens with zero attached hydrogens (tertiary/aromatic N) is 2. The molecule has 1 saturated heterocycles. The summed E-state index contributed by atoms with van der Waals surface area (Å²) in [5.41, 5.74) is -0.0113. The zero-order valence-corrected chi connectivity index (χ0v) is 17.1. The van der Waals surface area contributed by atoms with Gasteiger partial charge < -0.3 is 19.5 Å². The molecule has 30 heavy (non-hydrogen) atoms. The van der Waals surface area contributed by atoms with Crippen LogP contribution in [0.25, 0.3) is 0 Å². The summed E-state index contributed by atoms with van der Waals surface area (Å²) < 4.78 is 47.1. The van der Waals surface area contributed by atoms with Crippen LogP contribution in [0.2, 0.25) is 0 Å². The number of alkyl halides is 3. The molecule has 0 radical (unpaired) electrons. The number of thioether (sulfide) groups is 1. The van der Waals surface area contributed by atoms with Crippen LogP contribution >= 0.6 is 23.1 Å². The minimum Gasteiger partial charge on any atom is -0.491 e. The van der Waals surface area contributed by atoms with Crippen molar-refractivity contribution in [1.82, 2.24) is 9.88 Å². The number of carboxylic acids is 1. The van der Waals surface area contributed by atoms with Gasteiger partial charge in [-0.05, 0) is 18.6 Å². The van der Waals surface area contributed by atoms with E-state index in [4.69, 9.17) is 9.84 Å². The van der Waals surface area contributed by atoms with Crippen LogP contribution < -0.4 is 9.47 Å². The molecule has 0 spiro atoms. The van der Waals surface area contributed by atoms with Gasteiger partial charge in [-0.2, -0.15) is 0 Å². The number of aromatic nitrogens is 1. The third-order valence-electron chi connectivity index (χ3n) is 4.19. The summed E-state index contributed by atoms with van der Waals surface area (Å²) in [6.07, 6.45) is -3.83. The van der Waals surface area contributed by atoms with Crippen molar-refractivity contribution in [1.29, 1.82) is 0 Å². The van der Waals surface area contributed by atoms with Gasteiger partial charge in [0, 0.05) is 30.2 Å². The van der Waals surface area contributed by atoms with Crippen molar-refractivity contribution in [3.8, 4) is 11.5 Å². The summed E-state index contributed by atoms with van der Waals surface area (Å²) in [6.45, 7) is 0.572. The number of ether oxygens (including phenoxy) is 2. The Morgan fingerprint density at radius 3 is 2.83 bits per heavy atom. The van der Waals surface area contributed by atoms with Crippen molar-refractivity contribution >= 4 is 35.0 Å². The molecule has 7 nitrogen and oxygen atoms in total. The van der Waals surface area contributed by atoms with Gasteiger partial charge in [0.25, 0.3) is 0 Å². The lowest BCUT2D eigenvalue weighted by Crippen LogP contribution is -2.38. The molecular weight excluding hydrogens is 445 g/mol. The largest absolute Gasteiger partial charge is 0.573 e. The number of likely N-dealkylation sites (tertiary alicyclic amines) is 1. The van der Waals surface area contributed by atoms with Gasteiger partial charge in [0.2, 0.25) is 5.91 Å². The Morgan fingerprint density at radius 1 is 1.37 bits per heavy atom. The second kappa shape index (κ2) is 9.56. The highest BCUT2D eigenvalue weighted by Crippen LogP contribution is 2.28. The second-order valence-corrected chi connectivity index (χ2v) is 8.47. The number of benzene rings is 1. The van der Waals surface area contributed by atoms with E-state index in [1.54, 1.807) is 4.90 Å². The highest BCUT2D eigenvalue weighted by molar-refractivity contribution is 8.01. The van der Waals surface area contributed by atoms with E-state index in [0.29, 0.717) is 29.5 Å². The number of hydrogen-bond donors (Lipinski definition) is 1. The monoisotopic (exact) mass is 462 g/mol. The van der Waals surface area contributed by atoms with E-state index in [9.17, 15) is 22.8 Å². The molecule has 1 aliphatic rings. The highest BCUT2D eigenvalue weighted by Gasteiger charge is 2.32. The van der Waals surface area contributed by atoms with Gasteiger partial charge in [-0.3, -0.25) is 4.79 Å². The van der Waals surface area contributed by atoms with Crippen LogP contribution in [-0.4, -0.2) is 58.2 Å². The number of amides is 1. The first-order chi connectivity index (χ1) is 14.2. The van der Waals surface area contributed by atoms with E-state index in [-0.39, 0.29) is 35.7 Å². The first-order valence-corrected chi connectivity index (χ1v) is 10.7. The lowest BCUT2D eigenvalue weighted by Gasteiger charge is -2.24. The molecule has 1 N–H and O–H groups in total. The van der Waals surface area contributed by atoms with Crippen molar-refractivity contribution in [2.24, 2.45) is 0 Å². The van der Waals surface area contributed by atoms with Crippen LogP contribution in [0.3, 0.4) is 0 Å².